The first kappa shape index (κ1) is 22.3. The second-order valence-electron chi connectivity index (χ2n) is 8.96. The fraction of sp³-hybridized carbons (Fsp3) is 0.739. The standard InChI is InChI=1S/C23H35N3O5/c1-3-23(28,4-2)15-10-17(12-24-11-15)31-19-14-30-20-18(13-29-21(19)20)26-22(27)25-16-8-6-5-7-9-16/h10-12,16,18-21,28H,3-9,13-14H2,1-2H3,(H2,25,26,27)/t18-,19-,20+,21+/m0/s1. The van der Waals surface area contributed by atoms with Crippen molar-refractivity contribution in [1.29, 1.82) is 0 Å². The summed E-state index contributed by atoms with van der Waals surface area (Å²) in [7, 11) is 0. The maximum absolute atomic E-state index is 12.4. The Hall–Kier alpha value is -1.90. The third-order valence-corrected chi connectivity index (χ3v) is 6.97. The number of carbonyl (C=O) groups excluding carboxylic acids is 1. The van der Waals surface area contributed by atoms with Crippen molar-refractivity contribution in [3.8, 4) is 5.75 Å². The summed E-state index contributed by atoms with van der Waals surface area (Å²) < 4.78 is 18.0. The Balaban J connectivity index is 1.33. The van der Waals surface area contributed by atoms with Crippen LogP contribution in [0.15, 0.2) is 18.5 Å². The quantitative estimate of drug-likeness (QED) is 0.611. The molecule has 3 heterocycles. The molecule has 0 radical (unpaired) electrons. The smallest absolute Gasteiger partial charge is 0.315 e. The Bertz CT molecular complexity index is 750. The van der Waals surface area contributed by atoms with E-state index in [0.29, 0.717) is 31.8 Å². The van der Waals surface area contributed by atoms with E-state index in [9.17, 15) is 9.90 Å². The van der Waals surface area contributed by atoms with Crippen LogP contribution in [0.1, 0.15) is 64.4 Å². The number of ether oxygens (including phenoxy) is 3. The first-order valence-electron chi connectivity index (χ1n) is 11.7. The molecule has 3 fully saturated rings. The van der Waals surface area contributed by atoms with E-state index in [2.05, 4.69) is 15.6 Å². The van der Waals surface area contributed by atoms with Gasteiger partial charge in [0, 0.05) is 17.8 Å². The van der Waals surface area contributed by atoms with Crippen molar-refractivity contribution in [3.63, 3.8) is 0 Å². The van der Waals surface area contributed by atoms with Crippen LogP contribution in [-0.4, -0.2) is 59.7 Å². The number of rotatable bonds is 7. The van der Waals surface area contributed by atoms with Crippen LogP contribution in [0.4, 0.5) is 4.79 Å². The molecule has 1 aromatic rings. The molecule has 8 nitrogen and oxygen atoms in total. The number of hydrogen-bond donors (Lipinski definition) is 3. The summed E-state index contributed by atoms with van der Waals surface area (Å²) >= 11 is 0. The Morgan fingerprint density at radius 2 is 1.87 bits per heavy atom. The zero-order valence-corrected chi connectivity index (χ0v) is 18.5. The highest BCUT2D eigenvalue weighted by atomic mass is 16.6. The molecule has 1 aromatic heterocycles. The number of fused-ring (bicyclic) bond motifs is 1. The molecule has 1 aliphatic carbocycles. The van der Waals surface area contributed by atoms with E-state index in [-0.39, 0.29) is 36.4 Å². The van der Waals surface area contributed by atoms with Gasteiger partial charge in [0.2, 0.25) is 0 Å². The third kappa shape index (κ3) is 4.96. The maximum atomic E-state index is 12.4. The first-order valence-corrected chi connectivity index (χ1v) is 11.7. The monoisotopic (exact) mass is 433 g/mol. The summed E-state index contributed by atoms with van der Waals surface area (Å²) in [5, 5.41) is 16.9. The van der Waals surface area contributed by atoms with Gasteiger partial charge >= 0.3 is 6.03 Å². The van der Waals surface area contributed by atoms with Gasteiger partial charge in [-0.05, 0) is 31.7 Å². The minimum Gasteiger partial charge on any atom is -0.484 e. The molecule has 172 valence electrons. The van der Waals surface area contributed by atoms with Gasteiger partial charge < -0.3 is 30.0 Å². The highest BCUT2D eigenvalue weighted by Crippen LogP contribution is 2.33. The molecule has 4 rings (SSSR count). The number of nitrogens with one attached hydrogen (secondary N) is 2. The summed E-state index contributed by atoms with van der Waals surface area (Å²) in [4.78, 5) is 16.7. The molecule has 3 N–H and O–H groups in total. The lowest BCUT2D eigenvalue weighted by Gasteiger charge is -2.26. The normalized spacial score (nSPS) is 28.9. The van der Waals surface area contributed by atoms with Gasteiger partial charge in [-0.15, -0.1) is 0 Å². The topological polar surface area (TPSA) is 102 Å². The van der Waals surface area contributed by atoms with Gasteiger partial charge in [-0.1, -0.05) is 33.1 Å². The van der Waals surface area contributed by atoms with Crippen LogP contribution < -0.4 is 15.4 Å². The number of hydrogen-bond acceptors (Lipinski definition) is 6. The summed E-state index contributed by atoms with van der Waals surface area (Å²) in [5.74, 6) is 0.585. The number of pyridine rings is 1. The summed E-state index contributed by atoms with van der Waals surface area (Å²) in [6, 6.07) is 1.76. The Kier molecular flexibility index (Phi) is 6.99. The van der Waals surface area contributed by atoms with Crippen molar-refractivity contribution < 1.29 is 24.1 Å². The molecule has 0 unspecified atom stereocenters. The molecule has 1 saturated carbocycles. The van der Waals surface area contributed by atoms with Gasteiger partial charge in [0.25, 0.3) is 0 Å². The van der Waals surface area contributed by atoms with E-state index in [0.717, 1.165) is 18.4 Å². The van der Waals surface area contributed by atoms with Crippen LogP contribution in [-0.2, 0) is 15.1 Å². The minimum atomic E-state index is -0.911. The van der Waals surface area contributed by atoms with E-state index < -0.39 is 5.60 Å². The average Bonchev–Trinajstić information content (AvgIpc) is 3.37. The zero-order valence-electron chi connectivity index (χ0n) is 18.5. The molecule has 0 spiro atoms. The number of aromatic nitrogens is 1. The van der Waals surface area contributed by atoms with Gasteiger partial charge in [-0.3, -0.25) is 4.98 Å². The van der Waals surface area contributed by atoms with E-state index in [4.69, 9.17) is 14.2 Å². The van der Waals surface area contributed by atoms with Crippen LogP contribution in [0, 0.1) is 0 Å². The van der Waals surface area contributed by atoms with Gasteiger partial charge in [0.1, 0.15) is 18.0 Å². The van der Waals surface area contributed by atoms with E-state index >= 15 is 0 Å². The Morgan fingerprint density at radius 1 is 1.13 bits per heavy atom. The van der Waals surface area contributed by atoms with Crippen molar-refractivity contribution in [2.75, 3.05) is 13.2 Å². The molecular formula is C23H35N3O5. The minimum absolute atomic E-state index is 0.149. The molecular weight excluding hydrogens is 398 g/mol. The lowest BCUT2D eigenvalue weighted by atomic mass is 9.90. The van der Waals surface area contributed by atoms with Crippen molar-refractivity contribution >= 4 is 6.03 Å². The molecule has 8 heteroatoms. The molecule has 2 aliphatic heterocycles. The van der Waals surface area contributed by atoms with Crippen LogP contribution in [0.2, 0.25) is 0 Å². The molecule has 4 atom stereocenters. The number of nitrogens with zero attached hydrogens (tertiary/aromatic N) is 1. The molecule has 31 heavy (non-hydrogen) atoms. The number of aliphatic hydroxyl groups is 1. The molecule has 2 saturated heterocycles. The van der Waals surface area contributed by atoms with Gasteiger partial charge in [-0.25, -0.2) is 4.79 Å². The van der Waals surface area contributed by atoms with E-state index in [1.165, 1.54) is 19.3 Å². The zero-order chi connectivity index (χ0) is 21.8. The first-order chi connectivity index (χ1) is 15.0. The summed E-state index contributed by atoms with van der Waals surface area (Å²) in [6.07, 6.45) is 9.46. The fourth-order valence-electron chi connectivity index (χ4n) is 4.90. The number of urea groups is 1. The van der Waals surface area contributed by atoms with Crippen LogP contribution in [0.25, 0.3) is 0 Å². The Morgan fingerprint density at radius 3 is 2.61 bits per heavy atom. The largest absolute Gasteiger partial charge is 0.484 e. The predicted octanol–water partition coefficient (Wildman–Crippen LogP) is 2.63. The molecule has 0 aromatic carbocycles. The molecule has 0 bridgehead atoms. The lowest BCUT2D eigenvalue weighted by molar-refractivity contribution is 0.0240. The van der Waals surface area contributed by atoms with E-state index in [1.807, 2.05) is 19.9 Å². The highest BCUT2D eigenvalue weighted by molar-refractivity contribution is 5.74. The van der Waals surface area contributed by atoms with Crippen molar-refractivity contribution in [2.45, 2.75) is 94.8 Å². The van der Waals surface area contributed by atoms with Gasteiger partial charge in [-0.2, -0.15) is 0 Å². The summed E-state index contributed by atoms with van der Waals surface area (Å²) in [6.45, 7) is 4.69. The van der Waals surface area contributed by atoms with Crippen molar-refractivity contribution in [2.24, 2.45) is 0 Å². The second-order valence-corrected chi connectivity index (χ2v) is 8.96. The molecule has 2 amide bonds. The highest BCUT2D eigenvalue weighted by Gasteiger charge is 2.49. The fourth-order valence-corrected chi connectivity index (χ4v) is 4.90. The molecule has 3 aliphatic rings. The predicted molar refractivity (Wildman–Crippen MR) is 115 cm³/mol. The number of amides is 2. The summed E-state index contributed by atoms with van der Waals surface area (Å²) in [5.41, 5.74) is -0.164. The Labute approximate surface area is 184 Å². The van der Waals surface area contributed by atoms with Crippen LogP contribution in [0.3, 0.4) is 0 Å². The van der Waals surface area contributed by atoms with Crippen LogP contribution >= 0.6 is 0 Å². The van der Waals surface area contributed by atoms with Crippen molar-refractivity contribution in [3.05, 3.63) is 24.0 Å². The van der Waals surface area contributed by atoms with Gasteiger partial charge in [0.15, 0.2) is 6.10 Å². The maximum Gasteiger partial charge on any atom is 0.315 e. The van der Waals surface area contributed by atoms with E-state index in [1.54, 1.807) is 12.4 Å². The lowest BCUT2D eigenvalue weighted by Crippen LogP contribution is -2.51. The van der Waals surface area contributed by atoms with Crippen molar-refractivity contribution in [1.82, 2.24) is 15.6 Å². The van der Waals surface area contributed by atoms with Crippen LogP contribution in [0.5, 0.6) is 5.75 Å². The van der Waals surface area contributed by atoms with Gasteiger partial charge in [0.05, 0.1) is 31.1 Å². The average molecular weight is 434 g/mol. The third-order valence-electron chi connectivity index (χ3n) is 6.97. The number of carbonyl (C=O) groups is 1. The second kappa shape index (κ2) is 9.71. The SMILES string of the molecule is CCC(O)(CC)c1cncc(O[C@H]2CO[C@H]3[C@@H]2OC[C@@H]3NC(=O)NC2CCCCC2)c1.